The summed E-state index contributed by atoms with van der Waals surface area (Å²) in [5, 5.41) is 5.53. The summed E-state index contributed by atoms with van der Waals surface area (Å²) in [5.41, 5.74) is 0.417. The van der Waals surface area contributed by atoms with E-state index in [0.29, 0.717) is 18.7 Å². The number of piperazine rings is 1. The van der Waals surface area contributed by atoms with E-state index >= 15 is 0 Å². The van der Waals surface area contributed by atoms with Gasteiger partial charge in [0.15, 0.2) is 0 Å². The van der Waals surface area contributed by atoms with Gasteiger partial charge in [-0.1, -0.05) is 0 Å². The van der Waals surface area contributed by atoms with Crippen molar-refractivity contribution in [3.8, 4) is 0 Å². The summed E-state index contributed by atoms with van der Waals surface area (Å²) in [6, 6.07) is 4.01. The Morgan fingerprint density at radius 3 is 2.55 bits per heavy atom. The number of carbonyl (C=O) groups is 2. The van der Waals surface area contributed by atoms with Gasteiger partial charge >= 0.3 is 0 Å². The Labute approximate surface area is 122 Å². The molecule has 0 saturated carbocycles. The molecule has 0 spiro atoms. The molecule has 2 N–H and O–H groups in total. The average Bonchev–Trinajstić information content (AvgIpc) is 2.41. The molecule has 0 aromatic heterocycles. The minimum absolute atomic E-state index is 0. The molecular weight excluding hydrogens is 285 g/mol. The zero-order valence-corrected chi connectivity index (χ0v) is 11.9. The molecule has 0 bridgehead atoms. The Balaban J connectivity index is 0.00000200. The first-order chi connectivity index (χ1) is 9.08. The van der Waals surface area contributed by atoms with Gasteiger partial charge in [-0.2, -0.15) is 0 Å². The number of nitrogens with one attached hydrogen (secondary N) is 2. The number of hydrogen-bond donors (Lipinski definition) is 2. The quantitative estimate of drug-likeness (QED) is 0.864. The SMILES string of the molecule is CC(=O)Nc1cc(C(=O)N2CCNCC2)ccc1F.Cl. The number of hydrogen-bond acceptors (Lipinski definition) is 3. The van der Waals surface area contributed by atoms with Crippen LogP contribution in [0, 0.1) is 5.82 Å². The van der Waals surface area contributed by atoms with Crippen LogP contribution in [0.15, 0.2) is 18.2 Å². The van der Waals surface area contributed by atoms with E-state index in [1.165, 1.54) is 25.1 Å². The lowest BCUT2D eigenvalue weighted by Gasteiger charge is -2.27. The molecular formula is C13H17ClFN3O2. The second kappa shape index (κ2) is 7.21. The molecule has 2 rings (SSSR count). The van der Waals surface area contributed by atoms with E-state index in [4.69, 9.17) is 0 Å². The van der Waals surface area contributed by atoms with Gasteiger partial charge < -0.3 is 15.5 Å². The number of benzene rings is 1. The smallest absolute Gasteiger partial charge is 0.254 e. The standard InChI is InChI=1S/C13H16FN3O2.ClH/c1-9(18)16-12-8-10(2-3-11(12)14)13(19)17-6-4-15-5-7-17;/h2-3,8,15H,4-7H2,1H3,(H,16,18);1H. The molecule has 1 aromatic rings. The van der Waals surface area contributed by atoms with Crippen molar-refractivity contribution in [2.45, 2.75) is 6.92 Å². The number of nitrogens with zero attached hydrogens (tertiary/aromatic N) is 1. The van der Waals surface area contributed by atoms with E-state index < -0.39 is 5.82 Å². The van der Waals surface area contributed by atoms with E-state index in [1.807, 2.05) is 0 Å². The van der Waals surface area contributed by atoms with E-state index in [9.17, 15) is 14.0 Å². The summed E-state index contributed by atoms with van der Waals surface area (Å²) in [5.74, 6) is -1.06. The van der Waals surface area contributed by atoms with Gasteiger partial charge in [0.2, 0.25) is 5.91 Å². The second-order valence-corrected chi connectivity index (χ2v) is 4.42. The molecule has 0 aliphatic carbocycles. The van der Waals surface area contributed by atoms with E-state index in [0.717, 1.165) is 13.1 Å². The summed E-state index contributed by atoms with van der Waals surface area (Å²) < 4.78 is 13.5. The Hall–Kier alpha value is -1.66. The largest absolute Gasteiger partial charge is 0.336 e. The van der Waals surface area contributed by atoms with Crippen LogP contribution in [0.5, 0.6) is 0 Å². The summed E-state index contributed by atoms with van der Waals surface area (Å²) in [7, 11) is 0. The third kappa shape index (κ3) is 3.91. The summed E-state index contributed by atoms with van der Waals surface area (Å²) in [6.07, 6.45) is 0. The maximum Gasteiger partial charge on any atom is 0.254 e. The number of amides is 2. The minimum Gasteiger partial charge on any atom is -0.336 e. The minimum atomic E-state index is -0.549. The Kier molecular flexibility index (Phi) is 5.91. The van der Waals surface area contributed by atoms with Crippen LogP contribution in [0.3, 0.4) is 0 Å². The van der Waals surface area contributed by atoms with Crippen molar-refractivity contribution in [3.05, 3.63) is 29.6 Å². The summed E-state index contributed by atoms with van der Waals surface area (Å²) >= 11 is 0. The topological polar surface area (TPSA) is 61.4 Å². The Morgan fingerprint density at radius 1 is 1.30 bits per heavy atom. The van der Waals surface area contributed by atoms with Crippen LogP contribution in [0.25, 0.3) is 0 Å². The zero-order valence-electron chi connectivity index (χ0n) is 11.1. The molecule has 5 nitrogen and oxygen atoms in total. The van der Waals surface area contributed by atoms with Gasteiger partial charge in [-0.15, -0.1) is 12.4 Å². The molecule has 0 radical (unpaired) electrons. The third-order valence-electron chi connectivity index (χ3n) is 2.93. The van der Waals surface area contributed by atoms with Gasteiger partial charge in [0.1, 0.15) is 5.82 Å². The molecule has 1 fully saturated rings. The molecule has 0 atom stereocenters. The number of halogens is 2. The first-order valence-electron chi connectivity index (χ1n) is 6.15. The Morgan fingerprint density at radius 2 is 1.95 bits per heavy atom. The van der Waals surface area contributed by atoms with Crippen LogP contribution >= 0.6 is 12.4 Å². The van der Waals surface area contributed by atoms with Crippen molar-refractivity contribution in [1.29, 1.82) is 0 Å². The number of anilines is 1. The fourth-order valence-electron chi connectivity index (χ4n) is 1.99. The highest BCUT2D eigenvalue weighted by molar-refractivity contribution is 5.97. The average molecular weight is 302 g/mol. The first kappa shape index (κ1) is 16.4. The van der Waals surface area contributed by atoms with Crippen LogP contribution < -0.4 is 10.6 Å². The van der Waals surface area contributed by atoms with Gasteiger partial charge in [-0.3, -0.25) is 9.59 Å². The van der Waals surface area contributed by atoms with E-state index in [1.54, 1.807) is 4.90 Å². The van der Waals surface area contributed by atoms with Crippen molar-refractivity contribution in [2.24, 2.45) is 0 Å². The zero-order chi connectivity index (χ0) is 13.8. The lowest BCUT2D eigenvalue weighted by molar-refractivity contribution is -0.114. The normalized spacial score (nSPS) is 14.4. The van der Waals surface area contributed by atoms with Crippen LogP contribution in [0.2, 0.25) is 0 Å². The van der Waals surface area contributed by atoms with Gasteiger partial charge in [0.25, 0.3) is 5.91 Å². The van der Waals surface area contributed by atoms with Crippen LogP contribution in [0.1, 0.15) is 17.3 Å². The fourth-order valence-corrected chi connectivity index (χ4v) is 1.99. The molecule has 2 amide bonds. The highest BCUT2D eigenvalue weighted by Gasteiger charge is 2.19. The molecule has 1 saturated heterocycles. The number of carbonyl (C=O) groups excluding carboxylic acids is 2. The van der Waals surface area contributed by atoms with Crippen molar-refractivity contribution in [2.75, 3.05) is 31.5 Å². The summed E-state index contributed by atoms with van der Waals surface area (Å²) in [6.45, 7) is 4.07. The maximum absolute atomic E-state index is 13.5. The van der Waals surface area contributed by atoms with Crippen LogP contribution in [0.4, 0.5) is 10.1 Å². The van der Waals surface area contributed by atoms with Gasteiger partial charge in [0, 0.05) is 38.7 Å². The van der Waals surface area contributed by atoms with E-state index in [2.05, 4.69) is 10.6 Å². The molecule has 7 heteroatoms. The molecule has 1 heterocycles. The molecule has 20 heavy (non-hydrogen) atoms. The molecule has 1 aromatic carbocycles. The van der Waals surface area contributed by atoms with Crippen LogP contribution in [-0.2, 0) is 4.79 Å². The summed E-state index contributed by atoms with van der Waals surface area (Å²) in [4.78, 5) is 24.9. The maximum atomic E-state index is 13.5. The molecule has 0 unspecified atom stereocenters. The predicted octanol–water partition coefficient (Wildman–Crippen LogP) is 1.25. The fraction of sp³-hybridized carbons (Fsp3) is 0.385. The van der Waals surface area contributed by atoms with Crippen molar-refractivity contribution in [3.63, 3.8) is 0 Å². The monoisotopic (exact) mass is 301 g/mol. The van der Waals surface area contributed by atoms with Crippen molar-refractivity contribution >= 4 is 29.9 Å². The molecule has 110 valence electrons. The van der Waals surface area contributed by atoms with Crippen LogP contribution in [-0.4, -0.2) is 42.9 Å². The van der Waals surface area contributed by atoms with Gasteiger partial charge in [-0.25, -0.2) is 4.39 Å². The highest BCUT2D eigenvalue weighted by Crippen LogP contribution is 2.17. The predicted molar refractivity (Wildman–Crippen MR) is 76.7 cm³/mol. The lowest BCUT2D eigenvalue weighted by Crippen LogP contribution is -2.46. The molecule has 1 aliphatic heterocycles. The van der Waals surface area contributed by atoms with Gasteiger partial charge in [-0.05, 0) is 18.2 Å². The van der Waals surface area contributed by atoms with E-state index in [-0.39, 0.29) is 29.9 Å². The first-order valence-corrected chi connectivity index (χ1v) is 6.15. The number of rotatable bonds is 2. The lowest BCUT2D eigenvalue weighted by atomic mass is 10.1. The van der Waals surface area contributed by atoms with Crippen molar-refractivity contribution < 1.29 is 14.0 Å². The third-order valence-corrected chi connectivity index (χ3v) is 2.93. The van der Waals surface area contributed by atoms with Gasteiger partial charge in [0.05, 0.1) is 5.69 Å². The molecule has 1 aliphatic rings. The van der Waals surface area contributed by atoms with Crippen molar-refractivity contribution in [1.82, 2.24) is 10.2 Å². The Bertz CT molecular complexity index is 504. The second-order valence-electron chi connectivity index (χ2n) is 4.42. The highest BCUT2D eigenvalue weighted by atomic mass is 35.5.